The number of thioether (sulfide) groups is 1. The summed E-state index contributed by atoms with van der Waals surface area (Å²) in [5.41, 5.74) is 3.45. The number of nitrogens with zero attached hydrogens (tertiary/aromatic N) is 3. The van der Waals surface area contributed by atoms with E-state index < -0.39 is 0 Å². The summed E-state index contributed by atoms with van der Waals surface area (Å²) in [6.07, 6.45) is 0.826. The maximum Gasteiger partial charge on any atom is 0.233 e. The van der Waals surface area contributed by atoms with E-state index in [4.69, 9.17) is 0 Å². The normalized spacial score (nSPS) is 12.0. The van der Waals surface area contributed by atoms with Crippen molar-refractivity contribution in [3.63, 3.8) is 0 Å². The lowest BCUT2D eigenvalue weighted by molar-refractivity contribution is -0.120. The van der Waals surface area contributed by atoms with E-state index in [0.717, 1.165) is 35.1 Å². The summed E-state index contributed by atoms with van der Waals surface area (Å²) in [5.74, 6) is 0.865. The van der Waals surface area contributed by atoms with Gasteiger partial charge in [-0.05, 0) is 38.3 Å². The molecule has 1 N–H and O–H groups in total. The SMILES string of the molecule is CCn1c(S[C@@H](C)C(=O)NCCc2ccccc2)nnc1-c1ccccc1C. The van der Waals surface area contributed by atoms with Crippen molar-refractivity contribution in [2.45, 2.75) is 44.1 Å². The summed E-state index contributed by atoms with van der Waals surface area (Å²) in [6.45, 7) is 7.42. The Hall–Kier alpha value is -2.60. The van der Waals surface area contributed by atoms with Crippen molar-refractivity contribution in [3.05, 3.63) is 65.7 Å². The molecule has 6 heteroatoms. The second-order valence-electron chi connectivity index (χ2n) is 6.65. The molecular weight excluding hydrogens is 368 g/mol. The van der Waals surface area contributed by atoms with Crippen molar-refractivity contribution in [3.8, 4) is 11.4 Å². The van der Waals surface area contributed by atoms with Gasteiger partial charge < -0.3 is 9.88 Å². The van der Waals surface area contributed by atoms with Gasteiger partial charge in [-0.15, -0.1) is 10.2 Å². The molecule has 146 valence electrons. The number of nitrogens with one attached hydrogen (secondary N) is 1. The van der Waals surface area contributed by atoms with E-state index in [0.29, 0.717) is 6.54 Å². The summed E-state index contributed by atoms with van der Waals surface area (Å²) >= 11 is 1.45. The predicted octanol–water partition coefficient (Wildman–Crippen LogP) is 4.11. The van der Waals surface area contributed by atoms with Crippen LogP contribution in [-0.2, 0) is 17.8 Å². The maximum atomic E-state index is 12.5. The van der Waals surface area contributed by atoms with E-state index >= 15 is 0 Å². The van der Waals surface area contributed by atoms with Gasteiger partial charge in [-0.2, -0.15) is 0 Å². The first kappa shape index (κ1) is 20.1. The van der Waals surface area contributed by atoms with Crippen LogP contribution in [-0.4, -0.2) is 32.5 Å². The largest absolute Gasteiger partial charge is 0.355 e. The van der Waals surface area contributed by atoms with Gasteiger partial charge in [0.25, 0.3) is 0 Å². The zero-order valence-electron chi connectivity index (χ0n) is 16.6. The van der Waals surface area contributed by atoms with Gasteiger partial charge in [0.1, 0.15) is 0 Å². The van der Waals surface area contributed by atoms with Crippen LogP contribution in [0.2, 0.25) is 0 Å². The molecule has 0 saturated carbocycles. The van der Waals surface area contributed by atoms with E-state index in [2.05, 4.69) is 58.2 Å². The van der Waals surface area contributed by atoms with Crippen molar-refractivity contribution >= 4 is 17.7 Å². The molecule has 0 unspecified atom stereocenters. The van der Waals surface area contributed by atoms with Gasteiger partial charge in [-0.1, -0.05) is 66.4 Å². The number of carbonyl (C=O) groups is 1. The number of hydrogen-bond donors (Lipinski definition) is 1. The molecule has 1 atom stereocenters. The fourth-order valence-electron chi connectivity index (χ4n) is 3.01. The number of hydrogen-bond acceptors (Lipinski definition) is 4. The molecule has 28 heavy (non-hydrogen) atoms. The third-order valence-corrected chi connectivity index (χ3v) is 5.71. The van der Waals surface area contributed by atoms with Gasteiger partial charge in [-0.25, -0.2) is 0 Å². The lowest BCUT2D eigenvalue weighted by Crippen LogP contribution is -2.32. The molecule has 0 radical (unpaired) electrons. The zero-order chi connectivity index (χ0) is 19.9. The topological polar surface area (TPSA) is 59.8 Å². The van der Waals surface area contributed by atoms with Crippen LogP contribution in [0.3, 0.4) is 0 Å². The van der Waals surface area contributed by atoms with Crippen LogP contribution in [0.25, 0.3) is 11.4 Å². The van der Waals surface area contributed by atoms with Crippen molar-refractivity contribution in [1.82, 2.24) is 20.1 Å². The van der Waals surface area contributed by atoms with Crippen molar-refractivity contribution < 1.29 is 4.79 Å². The van der Waals surface area contributed by atoms with Crippen LogP contribution in [0, 0.1) is 6.92 Å². The lowest BCUT2D eigenvalue weighted by atomic mass is 10.1. The third-order valence-electron chi connectivity index (χ3n) is 4.63. The number of aryl methyl sites for hydroxylation is 1. The summed E-state index contributed by atoms with van der Waals surface area (Å²) in [7, 11) is 0. The minimum Gasteiger partial charge on any atom is -0.355 e. The fourth-order valence-corrected chi connectivity index (χ4v) is 3.95. The summed E-state index contributed by atoms with van der Waals surface area (Å²) in [4.78, 5) is 12.5. The van der Waals surface area contributed by atoms with Gasteiger partial charge in [0.2, 0.25) is 5.91 Å². The van der Waals surface area contributed by atoms with E-state index in [1.165, 1.54) is 17.3 Å². The molecule has 0 aliphatic rings. The zero-order valence-corrected chi connectivity index (χ0v) is 17.4. The first-order valence-electron chi connectivity index (χ1n) is 9.57. The lowest BCUT2D eigenvalue weighted by Gasteiger charge is -2.13. The molecule has 0 aliphatic carbocycles. The molecule has 3 aromatic rings. The molecule has 0 saturated heterocycles. The van der Waals surface area contributed by atoms with E-state index in [1.54, 1.807) is 0 Å². The molecule has 3 rings (SSSR count). The number of amides is 1. The fraction of sp³-hybridized carbons (Fsp3) is 0.318. The van der Waals surface area contributed by atoms with Gasteiger partial charge in [0.15, 0.2) is 11.0 Å². The summed E-state index contributed by atoms with van der Waals surface area (Å²) in [6, 6.07) is 18.3. The Labute approximate surface area is 170 Å². The molecule has 1 heterocycles. The molecule has 0 spiro atoms. The van der Waals surface area contributed by atoms with E-state index in [9.17, 15) is 4.79 Å². The molecule has 1 aromatic heterocycles. The Kier molecular flexibility index (Phi) is 6.87. The highest BCUT2D eigenvalue weighted by atomic mass is 32.2. The number of aromatic nitrogens is 3. The highest BCUT2D eigenvalue weighted by Crippen LogP contribution is 2.28. The van der Waals surface area contributed by atoms with Crippen LogP contribution < -0.4 is 5.32 Å². The Bertz CT molecular complexity index is 923. The maximum absolute atomic E-state index is 12.5. The smallest absolute Gasteiger partial charge is 0.233 e. The molecule has 1 amide bonds. The van der Waals surface area contributed by atoms with Gasteiger partial charge >= 0.3 is 0 Å². The number of benzene rings is 2. The highest BCUT2D eigenvalue weighted by Gasteiger charge is 2.20. The van der Waals surface area contributed by atoms with E-state index in [-0.39, 0.29) is 11.2 Å². The average Bonchev–Trinajstić information content (AvgIpc) is 3.11. The van der Waals surface area contributed by atoms with Crippen LogP contribution >= 0.6 is 11.8 Å². The molecule has 0 fully saturated rings. The van der Waals surface area contributed by atoms with Gasteiger partial charge in [0.05, 0.1) is 5.25 Å². The minimum atomic E-state index is -0.241. The van der Waals surface area contributed by atoms with Crippen LogP contribution in [0.15, 0.2) is 59.8 Å². The Balaban J connectivity index is 1.63. The Morgan fingerprint density at radius 1 is 1.11 bits per heavy atom. The van der Waals surface area contributed by atoms with Crippen LogP contribution in [0.1, 0.15) is 25.0 Å². The third kappa shape index (κ3) is 4.81. The monoisotopic (exact) mass is 394 g/mol. The van der Waals surface area contributed by atoms with Crippen molar-refractivity contribution in [2.75, 3.05) is 6.54 Å². The Morgan fingerprint density at radius 2 is 1.82 bits per heavy atom. The first-order valence-corrected chi connectivity index (χ1v) is 10.5. The number of carbonyl (C=O) groups excluding carboxylic acids is 1. The van der Waals surface area contributed by atoms with Crippen molar-refractivity contribution in [1.29, 1.82) is 0 Å². The standard InChI is InChI=1S/C22H26N4OS/c1-4-26-20(19-13-9-8-10-16(19)2)24-25-22(26)28-17(3)21(27)23-15-14-18-11-6-5-7-12-18/h5-13,17H,4,14-15H2,1-3H3,(H,23,27)/t17-/m0/s1. The van der Waals surface area contributed by atoms with Crippen LogP contribution in [0.4, 0.5) is 0 Å². The summed E-state index contributed by atoms with van der Waals surface area (Å²) in [5, 5.41) is 12.3. The van der Waals surface area contributed by atoms with Crippen LogP contribution in [0.5, 0.6) is 0 Å². The second kappa shape index (κ2) is 9.55. The molecule has 5 nitrogen and oxygen atoms in total. The van der Waals surface area contributed by atoms with Crippen molar-refractivity contribution in [2.24, 2.45) is 0 Å². The Morgan fingerprint density at radius 3 is 2.54 bits per heavy atom. The quantitative estimate of drug-likeness (QED) is 0.584. The molecular formula is C22H26N4OS. The average molecular weight is 395 g/mol. The van der Waals surface area contributed by atoms with E-state index in [1.807, 2.05) is 37.3 Å². The number of rotatable bonds is 8. The predicted molar refractivity (Wildman–Crippen MR) is 114 cm³/mol. The highest BCUT2D eigenvalue weighted by molar-refractivity contribution is 8.00. The summed E-state index contributed by atoms with van der Waals surface area (Å²) < 4.78 is 2.07. The molecule has 0 aliphatic heterocycles. The van der Waals surface area contributed by atoms with Gasteiger partial charge in [0, 0.05) is 18.7 Å². The second-order valence-corrected chi connectivity index (χ2v) is 7.96. The first-order chi connectivity index (χ1) is 13.6. The van der Waals surface area contributed by atoms with Gasteiger partial charge in [-0.3, -0.25) is 4.79 Å². The molecule has 2 aromatic carbocycles. The molecule has 0 bridgehead atoms. The minimum absolute atomic E-state index is 0.0176.